The lowest BCUT2D eigenvalue weighted by molar-refractivity contribution is 0.147. The second-order valence-corrected chi connectivity index (χ2v) is 6.45. The molecule has 102 valence electrons. The minimum Gasteiger partial charge on any atom is -0.380 e. The predicted octanol–water partition coefficient (Wildman–Crippen LogP) is 1.77. The zero-order chi connectivity index (χ0) is 13.4. The normalized spacial score (nSPS) is 11.7. The molecule has 0 atom stereocenters. The highest BCUT2D eigenvalue weighted by molar-refractivity contribution is 9.10. The molecule has 0 saturated carbocycles. The SMILES string of the molecule is O=S(=O)(NCCCOCCCl)c1cncc(Br)c1. The van der Waals surface area contributed by atoms with E-state index in [1.54, 1.807) is 0 Å². The standard InChI is InChI=1S/C10H14BrClN2O3S/c11-9-6-10(8-13-7-9)18(15,16)14-3-1-4-17-5-2-12/h6-8,14H,1-5H2. The van der Waals surface area contributed by atoms with E-state index in [2.05, 4.69) is 25.6 Å². The molecule has 0 aromatic carbocycles. The summed E-state index contributed by atoms with van der Waals surface area (Å²) in [4.78, 5) is 3.95. The molecule has 1 aromatic heterocycles. The maximum absolute atomic E-state index is 11.8. The highest BCUT2D eigenvalue weighted by Crippen LogP contribution is 2.13. The number of alkyl halides is 1. The van der Waals surface area contributed by atoms with Gasteiger partial charge in [0, 0.05) is 35.9 Å². The van der Waals surface area contributed by atoms with E-state index in [-0.39, 0.29) is 4.90 Å². The van der Waals surface area contributed by atoms with Crippen molar-refractivity contribution in [2.45, 2.75) is 11.3 Å². The van der Waals surface area contributed by atoms with Crippen molar-refractivity contribution < 1.29 is 13.2 Å². The van der Waals surface area contributed by atoms with E-state index in [9.17, 15) is 8.42 Å². The summed E-state index contributed by atoms with van der Waals surface area (Å²) in [7, 11) is -3.50. The lowest BCUT2D eigenvalue weighted by Gasteiger charge is -2.06. The van der Waals surface area contributed by atoms with Crippen molar-refractivity contribution in [3.8, 4) is 0 Å². The third kappa shape index (κ3) is 5.62. The molecule has 0 radical (unpaired) electrons. The van der Waals surface area contributed by atoms with Crippen molar-refractivity contribution in [2.75, 3.05) is 25.6 Å². The summed E-state index contributed by atoms with van der Waals surface area (Å²) in [6, 6.07) is 1.50. The van der Waals surface area contributed by atoms with Crippen LogP contribution in [0.15, 0.2) is 27.8 Å². The first kappa shape index (κ1) is 15.8. The van der Waals surface area contributed by atoms with Gasteiger partial charge in [0.05, 0.1) is 6.61 Å². The van der Waals surface area contributed by atoms with E-state index in [0.29, 0.717) is 36.5 Å². The highest BCUT2D eigenvalue weighted by atomic mass is 79.9. The second-order valence-electron chi connectivity index (χ2n) is 3.39. The van der Waals surface area contributed by atoms with Crippen LogP contribution < -0.4 is 4.72 Å². The van der Waals surface area contributed by atoms with Gasteiger partial charge in [0.1, 0.15) is 4.90 Å². The van der Waals surface area contributed by atoms with E-state index in [1.165, 1.54) is 18.5 Å². The van der Waals surface area contributed by atoms with E-state index >= 15 is 0 Å². The van der Waals surface area contributed by atoms with Gasteiger partial charge in [-0.2, -0.15) is 0 Å². The van der Waals surface area contributed by atoms with Crippen molar-refractivity contribution in [3.05, 3.63) is 22.9 Å². The number of hydrogen-bond donors (Lipinski definition) is 1. The van der Waals surface area contributed by atoms with E-state index < -0.39 is 10.0 Å². The molecule has 8 heteroatoms. The summed E-state index contributed by atoms with van der Waals surface area (Å²) in [6.07, 6.45) is 3.42. The van der Waals surface area contributed by atoms with Crippen molar-refractivity contribution in [2.24, 2.45) is 0 Å². The molecule has 1 rings (SSSR count). The Kier molecular flexibility index (Phi) is 7.10. The summed E-state index contributed by atoms with van der Waals surface area (Å²) in [5.74, 6) is 0.440. The Hall–Kier alpha value is -0.210. The quantitative estimate of drug-likeness (QED) is 0.569. The van der Waals surface area contributed by atoms with E-state index in [4.69, 9.17) is 16.3 Å². The molecule has 0 aliphatic heterocycles. The van der Waals surface area contributed by atoms with Crippen LogP contribution in [-0.4, -0.2) is 39.0 Å². The zero-order valence-corrected chi connectivity index (χ0v) is 12.8. The molecule has 0 amide bonds. The van der Waals surface area contributed by atoms with Gasteiger partial charge in [-0.15, -0.1) is 11.6 Å². The average Bonchev–Trinajstić information content (AvgIpc) is 2.33. The molecule has 0 bridgehead atoms. The van der Waals surface area contributed by atoms with Crippen molar-refractivity contribution >= 4 is 37.6 Å². The molecule has 0 aliphatic rings. The van der Waals surface area contributed by atoms with Crippen LogP contribution in [-0.2, 0) is 14.8 Å². The number of ether oxygens (including phenoxy) is 1. The summed E-state index contributed by atoms with van der Waals surface area (Å²) >= 11 is 8.61. The van der Waals surface area contributed by atoms with Gasteiger partial charge < -0.3 is 4.74 Å². The number of nitrogens with zero attached hydrogens (tertiary/aromatic N) is 1. The highest BCUT2D eigenvalue weighted by Gasteiger charge is 2.13. The molecular formula is C10H14BrClN2O3S. The van der Waals surface area contributed by atoms with Gasteiger partial charge in [0.2, 0.25) is 10.0 Å². The fourth-order valence-corrected chi connectivity index (χ4v) is 2.85. The summed E-state index contributed by atoms with van der Waals surface area (Å²) in [6.45, 7) is 1.27. The number of aromatic nitrogens is 1. The number of pyridine rings is 1. The molecule has 1 N–H and O–H groups in total. The van der Waals surface area contributed by atoms with Gasteiger partial charge in [0.15, 0.2) is 0 Å². The number of hydrogen-bond acceptors (Lipinski definition) is 4. The Morgan fingerprint density at radius 2 is 2.17 bits per heavy atom. The number of sulfonamides is 1. The van der Waals surface area contributed by atoms with Gasteiger partial charge in [-0.05, 0) is 28.4 Å². The fraction of sp³-hybridized carbons (Fsp3) is 0.500. The smallest absolute Gasteiger partial charge is 0.242 e. The molecule has 18 heavy (non-hydrogen) atoms. The monoisotopic (exact) mass is 356 g/mol. The molecule has 0 saturated heterocycles. The van der Waals surface area contributed by atoms with Crippen LogP contribution in [0.25, 0.3) is 0 Å². The van der Waals surface area contributed by atoms with Gasteiger partial charge >= 0.3 is 0 Å². The minimum absolute atomic E-state index is 0.138. The number of nitrogens with one attached hydrogen (secondary N) is 1. The van der Waals surface area contributed by atoms with E-state index in [0.717, 1.165) is 0 Å². The average molecular weight is 358 g/mol. The summed E-state index contributed by atoms with van der Waals surface area (Å²) in [5.41, 5.74) is 0. The third-order valence-corrected chi connectivity index (χ3v) is 3.99. The Morgan fingerprint density at radius 3 is 2.83 bits per heavy atom. The Balaban J connectivity index is 2.41. The predicted molar refractivity (Wildman–Crippen MR) is 73.3 cm³/mol. The first-order valence-electron chi connectivity index (χ1n) is 5.30. The van der Waals surface area contributed by atoms with Crippen LogP contribution >= 0.6 is 27.5 Å². The third-order valence-electron chi connectivity index (χ3n) is 1.97. The van der Waals surface area contributed by atoms with E-state index in [1.807, 2.05) is 0 Å². The first-order chi connectivity index (χ1) is 8.56. The maximum atomic E-state index is 11.8. The molecule has 0 unspecified atom stereocenters. The molecular weight excluding hydrogens is 344 g/mol. The van der Waals surface area contributed by atoms with Crippen LogP contribution in [0.1, 0.15) is 6.42 Å². The minimum atomic E-state index is -3.50. The lowest BCUT2D eigenvalue weighted by Crippen LogP contribution is -2.25. The van der Waals surface area contributed by atoms with Gasteiger partial charge in [-0.25, -0.2) is 13.1 Å². The van der Waals surface area contributed by atoms with Crippen molar-refractivity contribution in [3.63, 3.8) is 0 Å². The molecule has 0 spiro atoms. The van der Waals surface area contributed by atoms with Crippen LogP contribution in [0.5, 0.6) is 0 Å². The maximum Gasteiger partial charge on any atom is 0.242 e. The Morgan fingerprint density at radius 1 is 1.39 bits per heavy atom. The van der Waals surface area contributed by atoms with Crippen LogP contribution in [0.4, 0.5) is 0 Å². The Labute approximate surface area is 120 Å². The fourth-order valence-electron chi connectivity index (χ4n) is 1.16. The second kappa shape index (κ2) is 8.06. The Bertz CT molecular complexity index is 470. The number of halogens is 2. The number of rotatable bonds is 8. The topological polar surface area (TPSA) is 68.3 Å². The van der Waals surface area contributed by atoms with Crippen LogP contribution in [0.3, 0.4) is 0 Å². The van der Waals surface area contributed by atoms with Crippen LogP contribution in [0.2, 0.25) is 0 Å². The molecule has 1 aromatic rings. The van der Waals surface area contributed by atoms with Gasteiger partial charge in [-0.1, -0.05) is 0 Å². The molecule has 5 nitrogen and oxygen atoms in total. The summed E-state index contributed by atoms with van der Waals surface area (Å²) in [5, 5.41) is 0. The molecule has 1 heterocycles. The zero-order valence-electron chi connectivity index (χ0n) is 9.60. The first-order valence-corrected chi connectivity index (χ1v) is 8.11. The van der Waals surface area contributed by atoms with Crippen molar-refractivity contribution in [1.82, 2.24) is 9.71 Å². The van der Waals surface area contributed by atoms with Crippen LogP contribution in [0, 0.1) is 0 Å². The lowest BCUT2D eigenvalue weighted by atomic mass is 10.5. The van der Waals surface area contributed by atoms with Crippen molar-refractivity contribution in [1.29, 1.82) is 0 Å². The molecule has 0 fully saturated rings. The molecule has 0 aliphatic carbocycles. The summed E-state index contributed by atoms with van der Waals surface area (Å²) < 4.78 is 31.9. The van der Waals surface area contributed by atoms with Gasteiger partial charge in [0.25, 0.3) is 0 Å². The largest absolute Gasteiger partial charge is 0.380 e. The van der Waals surface area contributed by atoms with Gasteiger partial charge in [-0.3, -0.25) is 4.98 Å².